The van der Waals surface area contributed by atoms with Crippen molar-refractivity contribution in [3.8, 4) is 0 Å². The second-order valence-corrected chi connectivity index (χ2v) is 5.32. The van der Waals surface area contributed by atoms with Crippen LogP contribution in [0, 0.1) is 0 Å². The minimum atomic E-state index is 0.795. The normalized spacial score (nSPS) is 16.4. The molecule has 0 radical (unpaired) electrons. The van der Waals surface area contributed by atoms with Gasteiger partial charge in [0.25, 0.3) is 0 Å². The maximum absolute atomic E-state index is 6.16. The fourth-order valence-corrected chi connectivity index (χ4v) is 3.05. The lowest BCUT2D eigenvalue weighted by Crippen LogP contribution is -1.73. The van der Waals surface area contributed by atoms with Crippen molar-refractivity contribution in [2.45, 2.75) is 23.0 Å². The molecule has 3 heteroatoms. The summed E-state index contributed by atoms with van der Waals surface area (Å²) >= 11 is 8.07. The van der Waals surface area contributed by atoms with Crippen LogP contribution < -0.4 is 0 Å². The summed E-state index contributed by atoms with van der Waals surface area (Å²) < 4.78 is 0. The number of benzene rings is 1. The number of hydrogen-bond acceptors (Lipinski definition) is 1. The number of aromatic amines is 1. The average molecular weight is 224 g/mol. The highest BCUT2D eigenvalue weighted by Crippen LogP contribution is 2.44. The zero-order valence-electron chi connectivity index (χ0n) is 7.59. The summed E-state index contributed by atoms with van der Waals surface area (Å²) in [4.78, 5) is 4.43. The minimum absolute atomic E-state index is 0.795. The highest BCUT2D eigenvalue weighted by Gasteiger charge is 2.25. The maximum atomic E-state index is 6.16. The molecule has 1 aromatic heterocycles. The molecule has 1 fully saturated rings. The van der Waals surface area contributed by atoms with Crippen LogP contribution in [0.5, 0.6) is 0 Å². The topological polar surface area (TPSA) is 15.8 Å². The lowest BCUT2D eigenvalue weighted by Gasteiger charge is -1.96. The van der Waals surface area contributed by atoms with E-state index >= 15 is 0 Å². The molecule has 0 amide bonds. The minimum Gasteiger partial charge on any atom is -0.345 e. The third kappa shape index (κ3) is 1.43. The van der Waals surface area contributed by atoms with E-state index in [2.05, 4.69) is 23.2 Å². The standard InChI is InChI=1S/C11H10ClNS/c12-11-10(14-7-5-6-7)8-3-1-2-4-9(8)13-11/h1-4,7,13H,5-6H2. The molecule has 0 spiro atoms. The van der Waals surface area contributed by atoms with Gasteiger partial charge >= 0.3 is 0 Å². The Bertz CT molecular complexity index is 473. The Morgan fingerprint density at radius 3 is 2.86 bits per heavy atom. The van der Waals surface area contributed by atoms with Crippen LogP contribution in [-0.2, 0) is 0 Å². The molecule has 0 unspecified atom stereocenters. The first-order chi connectivity index (χ1) is 6.84. The molecule has 72 valence electrons. The van der Waals surface area contributed by atoms with Crippen LogP contribution in [-0.4, -0.2) is 10.2 Å². The monoisotopic (exact) mass is 223 g/mol. The van der Waals surface area contributed by atoms with Crippen molar-refractivity contribution in [3.05, 3.63) is 29.4 Å². The molecule has 1 saturated carbocycles. The Morgan fingerprint density at radius 1 is 1.29 bits per heavy atom. The molecule has 0 aliphatic heterocycles. The van der Waals surface area contributed by atoms with Gasteiger partial charge in [-0.05, 0) is 18.9 Å². The molecule has 1 nitrogen and oxygen atoms in total. The van der Waals surface area contributed by atoms with Gasteiger partial charge in [0.05, 0.1) is 4.90 Å². The predicted molar refractivity (Wildman–Crippen MR) is 62.2 cm³/mol. The number of thioether (sulfide) groups is 1. The van der Waals surface area contributed by atoms with Gasteiger partial charge in [-0.2, -0.15) is 0 Å². The van der Waals surface area contributed by atoms with Crippen molar-refractivity contribution < 1.29 is 0 Å². The molecule has 1 heterocycles. The molecule has 0 saturated heterocycles. The Labute approximate surface area is 91.8 Å². The van der Waals surface area contributed by atoms with E-state index in [1.165, 1.54) is 23.1 Å². The summed E-state index contributed by atoms with van der Waals surface area (Å²) in [5.41, 5.74) is 1.14. The largest absolute Gasteiger partial charge is 0.345 e. The Kier molecular flexibility index (Phi) is 1.99. The van der Waals surface area contributed by atoms with Gasteiger partial charge in [-0.3, -0.25) is 0 Å². The molecule has 1 N–H and O–H groups in total. The highest BCUT2D eigenvalue weighted by molar-refractivity contribution is 8.00. The Morgan fingerprint density at radius 2 is 2.07 bits per heavy atom. The van der Waals surface area contributed by atoms with Crippen LogP contribution in [0.2, 0.25) is 5.15 Å². The van der Waals surface area contributed by atoms with E-state index in [-0.39, 0.29) is 0 Å². The van der Waals surface area contributed by atoms with E-state index in [1.54, 1.807) is 0 Å². The molecule has 1 aromatic carbocycles. The summed E-state index contributed by atoms with van der Waals surface area (Å²) in [5.74, 6) is 0. The fourth-order valence-electron chi connectivity index (χ4n) is 1.55. The van der Waals surface area contributed by atoms with Crippen molar-refractivity contribution >= 4 is 34.3 Å². The van der Waals surface area contributed by atoms with Crippen LogP contribution in [0.3, 0.4) is 0 Å². The van der Waals surface area contributed by atoms with Gasteiger partial charge in [-0.25, -0.2) is 0 Å². The van der Waals surface area contributed by atoms with Crippen molar-refractivity contribution in [1.82, 2.24) is 4.98 Å². The lowest BCUT2D eigenvalue weighted by molar-refractivity contribution is 1.40. The van der Waals surface area contributed by atoms with Crippen LogP contribution in [0.4, 0.5) is 0 Å². The van der Waals surface area contributed by atoms with E-state index in [0.29, 0.717) is 0 Å². The number of nitrogens with one attached hydrogen (secondary N) is 1. The zero-order chi connectivity index (χ0) is 9.54. The van der Waals surface area contributed by atoms with Crippen molar-refractivity contribution in [2.24, 2.45) is 0 Å². The fraction of sp³-hybridized carbons (Fsp3) is 0.273. The molecule has 3 rings (SSSR count). The van der Waals surface area contributed by atoms with Gasteiger partial charge in [0, 0.05) is 16.2 Å². The second-order valence-electron chi connectivity index (χ2n) is 3.63. The van der Waals surface area contributed by atoms with Gasteiger partial charge in [-0.15, -0.1) is 11.8 Å². The van der Waals surface area contributed by atoms with Crippen molar-refractivity contribution in [1.29, 1.82) is 0 Å². The molecule has 0 bridgehead atoms. The van der Waals surface area contributed by atoms with Crippen LogP contribution >= 0.6 is 23.4 Å². The summed E-state index contributed by atoms with van der Waals surface area (Å²) in [6.45, 7) is 0. The number of hydrogen-bond donors (Lipinski definition) is 1. The van der Waals surface area contributed by atoms with E-state index < -0.39 is 0 Å². The quantitative estimate of drug-likeness (QED) is 0.812. The summed E-state index contributed by atoms with van der Waals surface area (Å²) in [7, 11) is 0. The molecule has 14 heavy (non-hydrogen) atoms. The summed E-state index contributed by atoms with van der Waals surface area (Å²) in [6.07, 6.45) is 2.67. The smallest absolute Gasteiger partial charge is 0.121 e. The number of para-hydroxylation sites is 1. The Balaban J connectivity index is 2.13. The van der Waals surface area contributed by atoms with E-state index in [4.69, 9.17) is 11.6 Å². The van der Waals surface area contributed by atoms with Gasteiger partial charge in [0.15, 0.2) is 0 Å². The zero-order valence-corrected chi connectivity index (χ0v) is 9.16. The van der Waals surface area contributed by atoms with Gasteiger partial charge < -0.3 is 4.98 Å². The second kappa shape index (κ2) is 3.21. The van der Waals surface area contributed by atoms with Gasteiger partial charge in [0.2, 0.25) is 0 Å². The number of fused-ring (bicyclic) bond motifs is 1. The van der Waals surface area contributed by atoms with Gasteiger partial charge in [-0.1, -0.05) is 29.8 Å². The lowest BCUT2D eigenvalue weighted by atomic mass is 10.2. The van der Waals surface area contributed by atoms with E-state index in [1.807, 2.05) is 17.8 Å². The summed E-state index contributed by atoms with van der Waals surface area (Å²) in [5, 5.41) is 2.85. The SMILES string of the molecule is Clc1[nH]c2ccccc2c1SC1CC1. The third-order valence-electron chi connectivity index (χ3n) is 2.42. The maximum Gasteiger partial charge on any atom is 0.121 e. The predicted octanol–water partition coefficient (Wildman–Crippen LogP) is 4.08. The highest BCUT2D eigenvalue weighted by atomic mass is 35.5. The molecular formula is C11H10ClNS. The number of rotatable bonds is 2. The molecule has 1 aliphatic carbocycles. The first-order valence-corrected chi connectivity index (χ1v) is 6.03. The number of aromatic nitrogens is 1. The number of halogens is 1. The Hall–Kier alpha value is -0.600. The molecular weight excluding hydrogens is 214 g/mol. The average Bonchev–Trinajstić information content (AvgIpc) is 2.93. The summed E-state index contributed by atoms with van der Waals surface area (Å²) in [6, 6.07) is 8.28. The molecule has 2 aromatic rings. The van der Waals surface area contributed by atoms with Crippen LogP contribution in [0.1, 0.15) is 12.8 Å². The van der Waals surface area contributed by atoms with E-state index in [9.17, 15) is 0 Å². The van der Waals surface area contributed by atoms with Crippen molar-refractivity contribution in [2.75, 3.05) is 0 Å². The van der Waals surface area contributed by atoms with Crippen molar-refractivity contribution in [3.63, 3.8) is 0 Å². The van der Waals surface area contributed by atoms with Crippen LogP contribution in [0.25, 0.3) is 10.9 Å². The van der Waals surface area contributed by atoms with Crippen LogP contribution in [0.15, 0.2) is 29.2 Å². The molecule has 0 atom stereocenters. The molecule has 1 aliphatic rings. The van der Waals surface area contributed by atoms with E-state index in [0.717, 1.165) is 15.9 Å². The first kappa shape index (κ1) is 8.69. The van der Waals surface area contributed by atoms with Gasteiger partial charge in [0.1, 0.15) is 5.15 Å². The first-order valence-electron chi connectivity index (χ1n) is 4.77. The third-order valence-corrected chi connectivity index (χ3v) is 4.28. The number of H-pyrrole nitrogens is 1.